The van der Waals surface area contributed by atoms with Crippen LogP contribution in [0.15, 0.2) is 48.8 Å². The Kier molecular flexibility index (Phi) is 4.29. The van der Waals surface area contributed by atoms with E-state index >= 15 is 0 Å². The summed E-state index contributed by atoms with van der Waals surface area (Å²) in [5, 5.41) is 15.3. The third-order valence-corrected chi connectivity index (χ3v) is 4.89. The van der Waals surface area contributed by atoms with Crippen molar-refractivity contribution in [2.75, 3.05) is 12.3 Å². The van der Waals surface area contributed by atoms with Crippen LogP contribution < -0.4 is 5.73 Å². The van der Waals surface area contributed by atoms with Crippen LogP contribution >= 0.6 is 0 Å². The van der Waals surface area contributed by atoms with Gasteiger partial charge in [-0.1, -0.05) is 25.1 Å². The summed E-state index contributed by atoms with van der Waals surface area (Å²) in [6.07, 6.45) is 1.43. The Balaban J connectivity index is 1.50. The van der Waals surface area contributed by atoms with Gasteiger partial charge in [0.25, 0.3) is 0 Å². The van der Waals surface area contributed by atoms with Crippen LogP contribution in [0.2, 0.25) is 0 Å². The van der Waals surface area contributed by atoms with Gasteiger partial charge < -0.3 is 20.3 Å². The van der Waals surface area contributed by atoms with Crippen molar-refractivity contribution in [3.8, 4) is 0 Å². The fraction of sp³-hybridized carbons (Fsp3) is 0.316. The predicted octanol–water partition coefficient (Wildman–Crippen LogP) is 1.74. The summed E-state index contributed by atoms with van der Waals surface area (Å²) in [4.78, 5) is 16.1. The zero-order chi connectivity index (χ0) is 19.0. The molecule has 2 aromatic heterocycles. The van der Waals surface area contributed by atoms with Gasteiger partial charge >= 0.3 is 5.97 Å². The number of carbonyl (C=O) groups excluding carboxylic acids is 1. The average molecular weight is 368 g/mol. The summed E-state index contributed by atoms with van der Waals surface area (Å²) in [5.74, 6) is -1.89. The van der Waals surface area contributed by atoms with Gasteiger partial charge in [0.05, 0.1) is 11.7 Å². The highest BCUT2D eigenvalue weighted by atomic mass is 16.7. The molecule has 0 aliphatic carbocycles. The fourth-order valence-electron chi connectivity index (χ4n) is 3.44. The lowest BCUT2D eigenvalue weighted by atomic mass is 9.96. The predicted molar refractivity (Wildman–Crippen MR) is 96.7 cm³/mol. The van der Waals surface area contributed by atoms with Crippen LogP contribution in [0.1, 0.15) is 29.4 Å². The minimum absolute atomic E-state index is 0.0564. The highest BCUT2D eigenvalue weighted by molar-refractivity contribution is 5.89. The van der Waals surface area contributed by atoms with Crippen molar-refractivity contribution in [3.05, 3.63) is 60.0 Å². The molecular formula is C19H20N4O4. The van der Waals surface area contributed by atoms with Gasteiger partial charge in [-0.2, -0.15) is 5.10 Å². The number of rotatable bonds is 4. The van der Waals surface area contributed by atoms with Crippen molar-refractivity contribution in [1.82, 2.24) is 14.6 Å². The van der Waals surface area contributed by atoms with Crippen LogP contribution in [-0.2, 0) is 15.3 Å². The lowest BCUT2D eigenvalue weighted by molar-refractivity contribution is -0.226. The number of nitrogen functional groups attached to an aromatic ring is 1. The Morgan fingerprint density at radius 3 is 2.93 bits per heavy atom. The maximum Gasteiger partial charge on any atom is 0.338 e. The van der Waals surface area contributed by atoms with Crippen molar-refractivity contribution < 1.29 is 19.4 Å². The second kappa shape index (κ2) is 6.64. The third kappa shape index (κ3) is 3.02. The van der Waals surface area contributed by atoms with Crippen molar-refractivity contribution in [1.29, 1.82) is 0 Å². The molecule has 0 radical (unpaired) electrons. The van der Waals surface area contributed by atoms with Crippen LogP contribution in [0.3, 0.4) is 0 Å². The fourth-order valence-corrected chi connectivity index (χ4v) is 3.44. The minimum Gasteiger partial charge on any atom is -0.459 e. The van der Waals surface area contributed by atoms with Gasteiger partial charge in [-0.25, -0.2) is 14.3 Å². The number of nitrogens with zero attached hydrogens (tertiary/aromatic N) is 3. The molecule has 1 fully saturated rings. The van der Waals surface area contributed by atoms with E-state index in [0.717, 1.165) is 0 Å². The first-order valence-electron chi connectivity index (χ1n) is 8.70. The van der Waals surface area contributed by atoms with E-state index < -0.39 is 17.9 Å². The van der Waals surface area contributed by atoms with Crippen LogP contribution in [0.4, 0.5) is 5.82 Å². The highest BCUT2D eigenvalue weighted by Crippen LogP contribution is 2.42. The normalized spacial score (nSPS) is 25.0. The largest absolute Gasteiger partial charge is 0.459 e. The Labute approximate surface area is 155 Å². The Morgan fingerprint density at radius 2 is 2.15 bits per heavy atom. The number of hydrogen-bond donors (Lipinski definition) is 2. The van der Waals surface area contributed by atoms with Gasteiger partial charge in [0.15, 0.2) is 5.82 Å². The first-order chi connectivity index (χ1) is 13.0. The number of hydrogen-bond acceptors (Lipinski definition) is 7. The maximum atomic E-state index is 12.1. The van der Waals surface area contributed by atoms with Crippen molar-refractivity contribution in [3.63, 3.8) is 0 Å². The maximum absolute atomic E-state index is 12.1. The molecule has 0 saturated carbocycles. The molecule has 1 aromatic carbocycles. The molecule has 1 unspecified atom stereocenters. The molecule has 1 saturated heterocycles. The number of fused-ring (bicyclic) bond motifs is 1. The van der Waals surface area contributed by atoms with Gasteiger partial charge in [0.2, 0.25) is 5.79 Å². The summed E-state index contributed by atoms with van der Waals surface area (Å²) >= 11 is 0. The second-order valence-electron chi connectivity index (χ2n) is 6.70. The average Bonchev–Trinajstić information content (AvgIpc) is 3.23. The number of aromatic nitrogens is 3. The quantitative estimate of drug-likeness (QED) is 0.675. The summed E-state index contributed by atoms with van der Waals surface area (Å²) in [6, 6.07) is 12.2. The van der Waals surface area contributed by atoms with E-state index in [2.05, 4.69) is 10.1 Å². The molecule has 8 heteroatoms. The number of carbonyl (C=O) groups is 1. The molecule has 0 bridgehead atoms. The van der Waals surface area contributed by atoms with Crippen LogP contribution in [0.5, 0.6) is 0 Å². The zero-order valence-electron chi connectivity index (χ0n) is 14.8. The van der Waals surface area contributed by atoms with E-state index in [1.165, 1.54) is 10.8 Å². The number of benzene rings is 1. The minimum atomic E-state index is -1.56. The van der Waals surface area contributed by atoms with Gasteiger partial charge in [0.1, 0.15) is 24.1 Å². The monoisotopic (exact) mass is 368 g/mol. The molecule has 27 heavy (non-hydrogen) atoms. The number of nitrogens with two attached hydrogens (primary N) is 1. The molecule has 1 aliphatic heterocycles. The Hall–Kier alpha value is -2.97. The Bertz CT molecular complexity index is 974. The molecule has 1 aliphatic rings. The molecule has 0 spiro atoms. The van der Waals surface area contributed by atoms with Gasteiger partial charge in [0, 0.05) is 5.92 Å². The van der Waals surface area contributed by atoms with Gasteiger partial charge in [-0.05, 0) is 30.7 Å². The lowest BCUT2D eigenvalue weighted by Crippen LogP contribution is -2.33. The lowest BCUT2D eigenvalue weighted by Gasteiger charge is -2.26. The molecule has 0 amide bonds. The molecule has 140 valence electrons. The molecular weight excluding hydrogens is 348 g/mol. The van der Waals surface area contributed by atoms with E-state index in [1.54, 1.807) is 36.4 Å². The number of ether oxygens (including phenoxy) is 2. The van der Waals surface area contributed by atoms with Gasteiger partial charge in [-0.15, -0.1) is 0 Å². The van der Waals surface area contributed by atoms with Crippen molar-refractivity contribution in [2.45, 2.75) is 25.2 Å². The first kappa shape index (κ1) is 17.4. The number of anilines is 1. The van der Waals surface area contributed by atoms with E-state index in [0.29, 0.717) is 29.0 Å². The molecule has 3 heterocycles. The van der Waals surface area contributed by atoms with E-state index in [4.69, 9.17) is 15.2 Å². The standard InChI is InChI=1S/C19H20N4O4/c1-12-9-14(10-26-18(24)13-5-3-2-4-6-13)27-19(12,25)16-8-7-15-17(20)21-11-22-23(15)16/h2-8,11-12,14,25H,9-10H2,1H3,(H2,20,21,22)/t12-,14-,19?/m0/s1. The molecule has 3 aromatic rings. The molecule has 4 rings (SSSR count). The second-order valence-corrected chi connectivity index (χ2v) is 6.70. The highest BCUT2D eigenvalue weighted by Gasteiger charge is 2.48. The van der Waals surface area contributed by atoms with Crippen LogP contribution in [-0.4, -0.2) is 38.4 Å². The van der Waals surface area contributed by atoms with E-state index in [1.807, 2.05) is 13.0 Å². The van der Waals surface area contributed by atoms with Crippen LogP contribution in [0.25, 0.3) is 5.52 Å². The van der Waals surface area contributed by atoms with Crippen molar-refractivity contribution in [2.24, 2.45) is 5.92 Å². The summed E-state index contributed by atoms with van der Waals surface area (Å²) < 4.78 is 12.8. The topological polar surface area (TPSA) is 112 Å². The SMILES string of the molecule is C[C@H]1C[C@@H](COC(=O)c2ccccc2)OC1(O)c1ccc2c(N)ncnn12. The summed E-state index contributed by atoms with van der Waals surface area (Å²) in [5.41, 5.74) is 7.39. The van der Waals surface area contributed by atoms with E-state index in [9.17, 15) is 9.90 Å². The Morgan fingerprint density at radius 1 is 1.37 bits per heavy atom. The van der Waals surface area contributed by atoms with Crippen LogP contribution in [0, 0.1) is 5.92 Å². The van der Waals surface area contributed by atoms with E-state index in [-0.39, 0.29) is 12.5 Å². The summed E-state index contributed by atoms with van der Waals surface area (Å²) in [7, 11) is 0. The summed E-state index contributed by atoms with van der Waals surface area (Å²) in [6.45, 7) is 1.93. The molecule has 3 atom stereocenters. The third-order valence-electron chi connectivity index (χ3n) is 4.89. The number of aliphatic hydroxyl groups is 1. The van der Waals surface area contributed by atoms with Crippen molar-refractivity contribution >= 4 is 17.3 Å². The van der Waals surface area contributed by atoms with Gasteiger partial charge in [-0.3, -0.25) is 0 Å². The number of esters is 1. The smallest absolute Gasteiger partial charge is 0.338 e. The zero-order valence-corrected chi connectivity index (χ0v) is 14.8. The molecule has 8 nitrogen and oxygen atoms in total. The first-order valence-corrected chi connectivity index (χ1v) is 8.70. The molecule has 3 N–H and O–H groups in total.